The second-order valence-electron chi connectivity index (χ2n) is 7.81. The summed E-state index contributed by atoms with van der Waals surface area (Å²) >= 11 is 6.24. The van der Waals surface area contributed by atoms with Crippen LogP contribution < -0.4 is 0 Å². The van der Waals surface area contributed by atoms with Crippen molar-refractivity contribution >= 4 is 24.0 Å². The third-order valence-electron chi connectivity index (χ3n) is 5.58. The second kappa shape index (κ2) is 11.5. The molecule has 0 spiro atoms. The molecule has 2 aliphatic heterocycles. The van der Waals surface area contributed by atoms with Crippen molar-refractivity contribution in [3.05, 3.63) is 28.3 Å². The molecule has 2 heterocycles. The SMILES string of the molecule is Oc1c(C=NCCN2CCCCC2)cc(Cl)cc1C=NCCN1CCCCC1. The Hall–Kier alpha value is -1.43. The van der Waals surface area contributed by atoms with E-state index in [9.17, 15) is 5.11 Å². The van der Waals surface area contributed by atoms with Crippen LogP contribution in [-0.4, -0.2) is 79.7 Å². The largest absolute Gasteiger partial charge is 0.507 e. The van der Waals surface area contributed by atoms with E-state index in [2.05, 4.69) is 19.8 Å². The van der Waals surface area contributed by atoms with Crippen molar-refractivity contribution in [3.63, 3.8) is 0 Å². The third kappa shape index (κ3) is 6.87. The van der Waals surface area contributed by atoms with Gasteiger partial charge in [0.2, 0.25) is 0 Å². The van der Waals surface area contributed by atoms with Gasteiger partial charge >= 0.3 is 0 Å². The van der Waals surface area contributed by atoms with Crippen LogP contribution in [0.25, 0.3) is 0 Å². The predicted octanol–water partition coefficient (Wildman–Crippen LogP) is 3.86. The molecule has 0 amide bonds. The molecule has 1 aromatic rings. The number of halogens is 1. The van der Waals surface area contributed by atoms with Crippen LogP contribution >= 0.6 is 11.6 Å². The fraction of sp³-hybridized carbons (Fsp3) is 0.636. The van der Waals surface area contributed by atoms with Crippen LogP contribution in [0.15, 0.2) is 22.1 Å². The van der Waals surface area contributed by atoms with Gasteiger partial charge in [-0.25, -0.2) is 0 Å². The number of likely N-dealkylation sites (tertiary alicyclic amines) is 2. The van der Waals surface area contributed by atoms with Crippen molar-refractivity contribution in [2.45, 2.75) is 38.5 Å². The Kier molecular flexibility index (Phi) is 8.77. The lowest BCUT2D eigenvalue weighted by molar-refractivity contribution is 0.235. The van der Waals surface area contributed by atoms with Gasteiger partial charge in [0.15, 0.2) is 0 Å². The van der Waals surface area contributed by atoms with Gasteiger partial charge < -0.3 is 14.9 Å². The first-order valence-corrected chi connectivity index (χ1v) is 11.1. The van der Waals surface area contributed by atoms with E-state index in [4.69, 9.17) is 11.6 Å². The van der Waals surface area contributed by atoms with Gasteiger partial charge in [-0.05, 0) is 64.0 Å². The summed E-state index contributed by atoms with van der Waals surface area (Å²) in [4.78, 5) is 13.9. The maximum atomic E-state index is 10.5. The summed E-state index contributed by atoms with van der Waals surface area (Å²) in [5.74, 6) is 0.202. The van der Waals surface area contributed by atoms with Crippen LogP contribution in [0.4, 0.5) is 0 Å². The Morgan fingerprint density at radius 1 is 0.786 bits per heavy atom. The maximum Gasteiger partial charge on any atom is 0.133 e. The fourth-order valence-electron chi connectivity index (χ4n) is 3.93. The first-order chi connectivity index (χ1) is 13.7. The van der Waals surface area contributed by atoms with Crippen LogP contribution in [0.1, 0.15) is 49.7 Å². The average molecular weight is 405 g/mol. The van der Waals surface area contributed by atoms with Gasteiger partial charge in [-0.15, -0.1) is 0 Å². The Morgan fingerprint density at radius 2 is 1.21 bits per heavy atom. The normalized spacial score (nSPS) is 19.8. The highest BCUT2D eigenvalue weighted by molar-refractivity contribution is 6.31. The molecule has 0 aliphatic carbocycles. The van der Waals surface area contributed by atoms with Gasteiger partial charge in [-0.3, -0.25) is 9.98 Å². The summed E-state index contributed by atoms with van der Waals surface area (Å²) in [5.41, 5.74) is 1.31. The zero-order chi connectivity index (χ0) is 19.6. The first-order valence-electron chi connectivity index (χ1n) is 10.7. The number of benzene rings is 1. The van der Waals surface area contributed by atoms with Crippen molar-refractivity contribution < 1.29 is 5.11 Å². The highest BCUT2D eigenvalue weighted by Gasteiger charge is 2.10. The molecule has 0 atom stereocenters. The summed E-state index contributed by atoms with van der Waals surface area (Å²) < 4.78 is 0. The Bertz CT molecular complexity index is 611. The van der Waals surface area contributed by atoms with E-state index in [1.165, 1.54) is 64.7 Å². The molecule has 28 heavy (non-hydrogen) atoms. The quantitative estimate of drug-likeness (QED) is 0.669. The van der Waals surface area contributed by atoms with E-state index in [1.54, 1.807) is 24.6 Å². The number of piperidine rings is 2. The second-order valence-corrected chi connectivity index (χ2v) is 8.24. The van der Waals surface area contributed by atoms with Gasteiger partial charge in [0.05, 0.1) is 13.1 Å². The van der Waals surface area contributed by atoms with Crippen molar-refractivity contribution in [1.29, 1.82) is 0 Å². The molecule has 1 aromatic carbocycles. The number of nitrogens with zero attached hydrogens (tertiary/aromatic N) is 4. The molecular weight excluding hydrogens is 372 g/mol. The number of phenolic OH excluding ortho intramolecular Hbond substituents is 1. The van der Waals surface area contributed by atoms with E-state index >= 15 is 0 Å². The number of phenols is 1. The summed E-state index contributed by atoms with van der Waals surface area (Å²) in [6.45, 7) is 8.14. The van der Waals surface area contributed by atoms with Crippen molar-refractivity contribution in [2.75, 3.05) is 52.4 Å². The van der Waals surface area contributed by atoms with Gasteiger partial charge in [0.1, 0.15) is 5.75 Å². The molecule has 6 heteroatoms. The third-order valence-corrected chi connectivity index (χ3v) is 5.80. The lowest BCUT2D eigenvalue weighted by atomic mass is 10.1. The van der Waals surface area contributed by atoms with Crippen LogP contribution in [0, 0.1) is 0 Å². The molecule has 0 radical (unpaired) electrons. The molecule has 0 bridgehead atoms. The Labute approximate surface area is 174 Å². The van der Waals surface area contributed by atoms with E-state index in [-0.39, 0.29) is 5.75 Å². The zero-order valence-corrected chi connectivity index (χ0v) is 17.6. The number of hydrogen-bond acceptors (Lipinski definition) is 5. The van der Waals surface area contributed by atoms with Crippen LogP contribution in [0.3, 0.4) is 0 Å². The number of hydrogen-bond donors (Lipinski definition) is 1. The van der Waals surface area contributed by atoms with E-state index < -0.39 is 0 Å². The van der Waals surface area contributed by atoms with Crippen LogP contribution in [-0.2, 0) is 0 Å². The smallest absolute Gasteiger partial charge is 0.133 e. The lowest BCUT2D eigenvalue weighted by Crippen LogP contribution is -2.31. The zero-order valence-electron chi connectivity index (χ0n) is 16.8. The molecule has 3 rings (SSSR count). The van der Waals surface area contributed by atoms with Crippen molar-refractivity contribution in [2.24, 2.45) is 9.98 Å². The highest BCUT2D eigenvalue weighted by atomic mass is 35.5. The molecule has 5 nitrogen and oxygen atoms in total. The fourth-order valence-corrected chi connectivity index (χ4v) is 4.16. The lowest BCUT2D eigenvalue weighted by Gasteiger charge is -2.25. The molecular formula is C22H33ClN4O. The first kappa shape index (κ1) is 21.3. The Morgan fingerprint density at radius 3 is 1.64 bits per heavy atom. The number of rotatable bonds is 8. The maximum absolute atomic E-state index is 10.5. The molecule has 0 aromatic heterocycles. The summed E-state index contributed by atoms with van der Waals surface area (Å²) in [6.07, 6.45) is 11.3. The van der Waals surface area contributed by atoms with Crippen LogP contribution in [0.2, 0.25) is 5.02 Å². The Balaban J connectivity index is 1.51. The molecule has 2 saturated heterocycles. The minimum atomic E-state index is 0.202. The van der Waals surface area contributed by atoms with Gasteiger partial charge in [-0.2, -0.15) is 0 Å². The highest BCUT2D eigenvalue weighted by Crippen LogP contribution is 2.25. The van der Waals surface area contributed by atoms with Gasteiger partial charge in [-0.1, -0.05) is 24.4 Å². The number of aromatic hydroxyl groups is 1. The minimum Gasteiger partial charge on any atom is -0.507 e. The number of aliphatic imine (C=N–C) groups is 2. The molecule has 0 unspecified atom stereocenters. The van der Waals surface area contributed by atoms with Gasteiger partial charge in [0.25, 0.3) is 0 Å². The van der Waals surface area contributed by atoms with Crippen LogP contribution in [0.5, 0.6) is 5.75 Å². The van der Waals surface area contributed by atoms with Crippen molar-refractivity contribution in [1.82, 2.24) is 9.80 Å². The molecule has 2 aliphatic rings. The van der Waals surface area contributed by atoms with E-state index in [0.29, 0.717) is 16.1 Å². The summed E-state index contributed by atoms with van der Waals surface area (Å²) in [6, 6.07) is 3.51. The molecule has 154 valence electrons. The average Bonchev–Trinajstić information content (AvgIpc) is 2.73. The summed E-state index contributed by atoms with van der Waals surface area (Å²) in [7, 11) is 0. The summed E-state index contributed by atoms with van der Waals surface area (Å²) in [5, 5.41) is 11.1. The van der Waals surface area contributed by atoms with E-state index in [0.717, 1.165) is 26.2 Å². The monoisotopic (exact) mass is 404 g/mol. The molecule has 1 N–H and O–H groups in total. The van der Waals surface area contributed by atoms with Gasteiger partial charge in [0, 0.05) is 41.7 Å². The topological polar surface area (TPSA) is 51.4 Å². The van der Waals surface area contributed by atoms with E-state index in [1.807, 2.05) is 0 Å². The van der Waals surface area contributed by atoms with Crippen molar-refractivity contribution in [3.8, 4) is 5.75 Å². The minimum absolute atomic E-state index is 0.202. The standard InChI is InChI=1S/C22H33ClN4O/c23-21-15-19(17-24-7-13-26-9-3-1-4-10-26)22(28)20(16-21)18-25-8-14-27-11-5-2-6-12-27/h15-18,28H,1-14H2. The molecule has 0 saturated carbocycles. The predicted molar refractivity (Wildman–Crippen MR) is 119 cm³/mol. The molecule has 2 fully saturated rings.